The minimum Gasteiger partial charge on any atom is -0.370 e. The van der Waals surface area contributed by atoms with Crippen molar-refractivity contribution in [2.24, 2.45) is 11.7 Å². The average Bonchev–Trinajstić information content (AvgIpc) is 2.47. The Balaban J connectivity index is 1.97. The van der Waals surface area contributed by atoms with E-state index in [0.29, 0.717) is 30.6 Å². The fraction of sp³-hybridized carbons (Fsp3) is 0.412. The van der Waals surface area contributed by atoms with Gasteiger partial charge < -0.3 is 10.6 Å². The lowest BCUT2D eigenvalue weighted by atomic mass is 9.93. The highest BCUT2D eigenvalue weighted by Crippen LogP contribution is 2.22. The molecule has 2 N–H and O–H groups in total. The number of rotatable bonds is 4. The lowest BCUT2D eigenvalue weighted by Gasteiger charge is -2.31. The molecule has 1 aromatic rings. The SMILES string of the molecule is C/C(=C/C(=O)N1CCC(CC(N)=O)CC1)c1ccccc1F. The minimum absolute atomic E-state index is 0.113. The van der Waals surface area contributed by atoms with Gasteiger partial charge in [0.15, 0.2) is 0 Å². The van der Waals surface area contributed by atoms with Crippen LogP contribution >= 0.6 is 0 Å². The van der Waals surface area contributed by atoms with Gasteiger partial charge in [0.2, 0.25) is 11.8 Å². The van der Waals surface area contributed by atoms with Gasteiger partial charge in [0, 0.05) is 31.1 Å². The molecule has 5 heteroatoms. The molecule has 1 aliphatic rings. The number of carbonyl (C=O) groups excluding carboxylic acids is 2. The van der Waals surface area contributed by atoms with Crippen LogP contribution in [0.2, 0.25) is 0 Å². The maximum Gasteiger partial charge on any atom is 0.246 e. The number of hydrogen-bond donors (Lipinski definition) is 1. The summed E-state index contributed by atoms with van der Waals surface area (Å²) in [5.41, 5.74) is 6.25. The number of carbonyl (C=O) groups is 2. The lowest BCUT2D eigenvalue weighted by molar-refractivity contribution is -0.127. The number of halogens is 1. The van der Waals surface area contributed by atoms with Crippen molar-refractivity contribution in [1.82, 2.24) is 4.90 Å². The van der Waals surface area contributed by atoms with E-state index in [0.717, 1.165) is 12.8 Å². The van der Waals surface area contributed by atoms with Crippen LogP contribution in [0.5, 0.6) is 0 Å². The van der Waals surface area contributed by atoms with E-state index in [2.05, 4.69) is 0 Å². The smallest absolute Gasteiger partial charge is 0.246 e. The molecule has 1 aliphatic heterocycles. The van der Waals surface area contributed by atoms with Crippen LogP contribution in [0.4, 0.5) is 4.39 Å². The molecule has 1 saturated heterocycles. The highest BCUT2D eigenvalue weighted by atomic mass is 19.1. The molecule has 2 amide bonds. The molecule has 1 aromatic carbocycles. The number of nitrogens with two attached hydrogens (primary N) is 1. The quantitative estimate of drug-likeness (QED) is 0.868. The van der Waals surface area contributed by atoms with Gasteiger partial charge in [-0.1, -0.05) is 18.2 Å². The molecule has 0 saturated carbocycles. The van der Waals surface area contributed by atoms with Gasteiger partial charge in [0.1, 0.15) is 5.82 Å². The number of likely N-dealkylation sites (tertiary alicyclic amines) is 1. The molecule has 0 atom stereocenters. The van der Waals surface area contributed by atoms with Crippen LogP contribution in [-0.4, -0.2) is 29.8 Å². The van der Waals surface area contributed by atoms with Crippen molar-refractivity contribution >= 4 is 17.4 Å². The van der Waals surface area contributed by atoms with E-state index in [4.69, 9.17) is 5.73 Å². The fourth-order valence-corrected chi connectivity index (χ4v) is 2.78. The molecular formula is C17H21FN2O2. The van der Waals surface area contributed by atoms with Gasteiger partial charge in [-0.15, -0.1) is 0 Å². The van der Waals surface area contributed by atoms with Gasteiger partial charge >= 0.3 is 0 Å². The molecule has 0 aliphatic carbocycles. The highest BCUT2D eigenvalue weighted by Gasteiger charge is 2.23. The predicted octanol–water partition coefficient (Wildman–Crippen LogP) is 2.34. The topological polar surface area (TPSA) is 63.4 Å². The minimum atomic E-state index is -0.329. The maximum atomic E-state index is 13.7. The normalized spacial score (nSPS) is 16.6. The Labute approximate surface area is 129 Å². The summed E-state index contributed by atoms with van der Waals surface area (Å²) < 4.78 is 13.7. The van der Waals surface area contributed by atoms with Crippen molar-refractivity contribution in [2.75, 3.05) is 13.1 Å². The first kappa shape index (κ1) is 16.2. The first-order chi connectivity index (χ1) is 10.5. The highest BCUT2D eigenvalue weighted by molar-refractivity contribution is 5.95. The average molecular weight is 304 g/mol. The molecule has 4 nitrogen and oxygen atoms in total. The first-order valence-corrected chi connectivity index (χ1v) is 7.47. The van der Waals surface area contributed by atoms with E-state index in [-0.39, 0.29) is 23.5 Å². The van der Waals surface area contributed by atoms with Crippen molar-refractivity contribution < 1.29 is 14.0 Å². The summed E-state index contributed by atoms with van der Waals surface area (Å²) in [4.78, 5) is 24.9. The summed E-state index contributed by atoms with van der Waals surface area (Å²) >= 11 is 0. The molecule has 1 heterocycles. The zero-order valence-electron chi connectivity index (χ0n) is 12.7. The summed E-state index contributed by atoms with van der Waals surface area (Å²) in [5.74, 6) is -0.472. The largest absolute Gasteiger partial charge is 0.370 e. The van der Waals surface area contributed by atoms with E-state index in [9.17, 15) is 14.0 Å². The van der Waals surface area contributed by atoms with Gasteiger partial charge in [-0.05, 0) is 37.3 Å². The Morgan fingerprint density at radius 1 is 1.32 bits per heavy atom. The second-order valence-corrected chi connectivity index (χ2v) is 5.75. The maximum absolute atomic E-state index is 13.7. The van der Waals surface area contributed by atoms with Crippen LogP contribution in [0.25, 0.3) is 5.57 Å². The zero-order chi connectivity index (χ0) is 16.1. The van der Waals surface area contributed by atoms with Crippen LogP contribution in [0.3, 0.4) is 0 Å². The summed E-state index contributed by atoms with van der Waals surface area (Å²) in [6, 6.07) is 6.41. The summed E-state index contributed by atoms with van der Waals surface area (Å²) in [7, 11) is 0. The predicted molar refractivity (Wildman–Crippen MR) is 83.2 cm³/mol. The van der Waals surface area contributed by atoms with Gasteiger partial charge in [-0.3, -0.25) is 9.59 Å². The molecule has 118 valence electrons. The van der Waals surface area contributed by atoms with Gasteiger partial charge in [-0.2, -0.15) is 0 Å². The molecule has 0 unspecified atom stereocenters. The Bertz CT molecular complexity index is 590. The Hall–Kier alpha value is -2.17. The van der Waals surface area contributed by atoms with E-state index in [1.54, 1.807) is 30.0 Å². The molecule has 0 aromatic heterocycles. The van der Waals surface area contributed by atoms with E-state index in [1.165, 1.54) is 12.1 Å². The number of nitrogens with zero attached hydrogens (tertiary/aromatic N) is 1. The molecule has 0 radical (unpaired) electrons. The van der Waals surface area contributed by atoms with Crippen LogP contribution in [0, 0.1) is 11.7 Å². The monoisotopic (exact) mass is 304 g/mol. The Morgan fingerprint density at radius 3 is 2.55 bits per heavy atom. The lowest BCUT2D eigenvalue weighted by Crippen LogP contribution is -2.38. The number of primary amides is 1. The summed E-state index contributed by atoms with van der Waals surface area (Å²) in [6.45, 7) is 2.95. The molecule has 0 bridgehead atoms. The van der Waals surface area contributed by atoms with Gasteiger partial charge in [0.25, 0.3) is 0 Å². The van der Waals surface area contributed by atoms with Gasteiger partial charge in [0.05, 0.1) is 0 Å². The van der Waals surface area contributed by atoms with E-state index in [1.807, 2.05) is 0 Å². The number of benzene rings is 1. The number of allylic oxidation sites excluding steroid dienone is 1. The van der Waals surface area contributed by atoms with Crippen molar-refractivity contribution in [3.05, 3.63) is 41.7 Å². The standard InChI is InChI=1S/C17H21FN2O2/c1-12(14-4-2-3-5-15(14)18)10-17(22)20-8-6-13(7-9-20)11-16(19)21/h2-5,10,13H,6-9,11H2,1H3,(H2,19,21)/b12-10-. The van der Waals surface area contributed by atoms with Crippen molar-refractivity contribution in [1.29, 1.82) is 0 Å². The first-order valence-electron chi connectivity index (χ1n) is 7.47. The van der Waals surface area contributed by atoms with Crippen molar-refractivity contribution in [3.63, 3.8) is 0 Å². The van der Waals surface area contributed by atoms with Crippen LogP contribution in [0.1, 0.15) is 31.7 Å². The molecule has 1 fully saturated rings. The van der Waals surface area contributed by atoms with Crippen LogP contribution in [-0.2, 0) is 9.59 Å². The molecule has 0 spiro atoms. The second-order valence-electron chi connectivity index (χ2n) is 5.75. The van der Waals surface area contributed by atoms with Gasteiger partial charge in [-0.25, -0.2) is 4.39 Å². The fourth-order valence-electron chi connectivity index (χ4n) is 2.78. The number of piperidine rings is 1. The Morgan fingerprint density at radius 2 is 1.95 bits per heavy atom. The third-order valence-corrected chi connectivity index (χ3v) is 4.05. The van der Waals surface area contributed by atoms with Crippen LogP contribution in [0.15, 0.2) is 30.3 Å². The molecule has 22 heavy (non-hydrogen) atoms. The van der Waals surface area contributed by atoms with E-state index < -0.39 is 0 Å². The number of hydrogen-bond acceptors (Lipinski definition) is 2. The van der Waals surface area contributed by atoms with E-state index >= 15 is 0 Å². The third-order valence-electron chi connectivity index (χ3n) is 4.05. The molecule has 2 rings (SSSR count). The number of amides is 2. The summed E-state index contributed by atoms with van der Waals surface area (Å²) in [5, 5.41) is 0. The van der Waals surface area contributed by atoms with Crippen molar-refractivity contribution in [3.8, 4) is 0 Å². The Kier molecular flexibility index (Phi) is 5.31. The summed E-state index contributed by atoms with van der Waals surface area (Å²) in [6.07, 6.45) is 3.42. The second kappa shape index (κ2) is 7.20. The van der Waals surface area contributed by atoms with Crippen molar-refractivity contribution in [2.45, 2.75) is 26.2 Å². The van der Waals surface area contributed by atoms with Crippen LogP contribution < -0.4 is 5.73 Å². The molecular weight excluding hydrogens is 283 g/mol. The zero-order valence-corrected chi connectivity index (χ0v) is 12.7. The third kappa shape index (κ3) is 4.16.